The molecule has 0 aromatic carbocycles. The number of fused-ring (bicyclic) bond motifs is 2. The van der Waals surface area contributed by atoms with Crippen LogP contribution in [0.25, 0.3) is 0 Å². The summed E-state index contributed by atoms with van der Waals surface area (Å²) in [4.78, 5) is 4.56. The Morgan fingerprint density at radius 2 is 2.18 bits per heavy atom. The Hall–Kier alpha value is -0.870. The van der Waals surface area contributed by atoms with Gasteiger partial charge in [0.1, 0.15) is 0 Å². The zero-order valence-electron chi connectivity index (χ0n) is 9.50. The molecule has 1 aromatic rings. The average molecular weight is 254 g/mol. The molecule has 2 aliphatic carbocycles. The average Bonchev–Trinajstić information content (AvgIpc) is 3.09. The van der Waals surface area contributed by atoms with Crippen molar-refractivity contribution in [3.8, 4) is 0 Å². The topological polar surface area (TPSA) is 51.0 Å². The van der Waals surface area contributed by atoms with E-state index in [2.05, 4.69) is 27.6 Å². The first-order chi connectivity index (χ1) is 7.90. The molecule has 2 fully saturated rings. The Morgan fingerprint density at radius 1 is 1.29 bits per heavy atom. The molecule has 3 atom stereocenters. The lowest BCUT2D eigenvalue weighted by atomic mass is 9.79. The van der Waals surface area contributed by atoms with Gasteiger partial charge in [-0.25, -0.2) is 0 Å². The molecule has 1 saturated heterocycles. The van der Waals surface area contributed by atoms with Gasteiger partial charge in [-0.1, -0.05) is 17.3 Å². The van der Waals surface area contributed by atoms with Gasteiger partial charge in [-0.3, -0.25) is 0 Å². The zero-order valence-corrected chi connectivity index (χ0v) is 10.3. The van der Waals surface area contributed by atoms with E-state index in [1.807, 2.05) is 0 Å². The summed E-state index contributed by atoms with van der Waals surface area (Å²) in [5.41, 5.74) is 0. The third-order valence-electron chi connectivity index (χ3n) is 3.91. The zero-order chi connectivity index (χ0) is 10.5. The number of hydrogen-bond acceptors (Lipinski definition) is 4. The maximum absolute atomic E-state index is 5.42. The molecular weight excluding hydrogens is 238 g/mol. The Labute approximate surface area is 106 Å². The molecule has 3 heterocycles. The first-order valence-corrected chi connectivity index (χ1v) is 6.15. The van der Waals surface area contributed by atoms with Gasteiger partial charge in [-0.15, -0.1) is 12.4 Å². The van der Waals surface area contributed by atoms with Crippen LogP contribution in [0.5, 0.6) is 0 Å². The van der Waals surface area contributed by atoms with E-state index >= 15 is 0 Å². The molecule has 17 heavy (non-hydrogen) atoms. The molecule has 0 radical (unpaired) electrons. The van der Waals surface area contributed by atoms with Crippen molar-refractivity contribution in [2.75, 3.05) is 6.54 Å². The van der Waals surface area contributed by atoms with E-state index < -0.39 is 0 Å². The molecular formula is C12H16ClN3O. The second kappa shape index (κ2) is 4.10. The highest BCUT2D eigenvalue weighted by molar-refractivity contribution is 5.85. The SMILES string of the molecule is C1=CC2NCC1CC2c1nc(C2CC2)no1.Cl. The molecule has 1 N–H and O–H groups in total. The quantitative estimate of drug-likeness (QED) is 0.819. The van der Waals surface area contributed by atoms with E-state index in [0.29, 0.717) is 23.8 Å². The van der Waals surface area contributed by atoms with Crippen LogP contribution in [0.1, 0.15) is 42.8 Å². The van der Waals surface area contributed by atoms with Crippen LogP contribution in [0.3, 0.4) is 0 Å². The first-order valence-electron chi connectivity index (χ1n) is 6.15. The fourth-order valence-corrected chi connectivity index (χ4v) is 2.77. The summed E-state index contributed by atoms with van der Waals surface area (Å²) in [5.74, 6) is 3.39. The van der Waals surface area contributed by atoms with Gasteiger partial charge >= 0.3 is 0 Å². The second-order valence-corrected chi connectivity index (χ2v) is 5.19. The molecule has 0 spiro atoms. The standard InChI is InChI=1S/C12H15N3O.ClH/c1-4-10-9(5-7(1)6-13-10)12-14-11(15-16-12)8-2-3-8;/h1,4,7-10,13H,2-3,5-6H2;1H. The molecule has 5 rings (SSSR count). The van der Waals surface area contributed by atoms with E-state index in [-0.39, 0.29) is 12.4 Å². The van der Waals surface area contributed by atoms with Crippen LogP contribution in [0.15, 0.2) is 16.7 Å². The number of hydrogen-bond donors (Lipinski definition) is 1. The van der Waals surface area contributed by atoms with Crippen molar-refractivity contribution in [3.05, 3.63) is 23.9 Å². The van der Waals surface area contributed by atoms with Crippen LogP contribution in [0.2, 0.25) is 0 Å². The highest BCUT2D eigenvalue weighted by Crippen LogP contribution is 2.40. The number of nitrogens with zero attached hydrogens (tertiary/aromatic N) is 2. The molecule has 1 aromatic heterocycles. The van der Waals surface area contributed by atoms with E-state index in [1.165, 1.54) is 12.8 Å². The van der Waals surface area contributed by atoms with Crippen molar-refractivity contribution < 1.29 is 4.52 Å². The monoisotopic (exact) mass is 253 g/mol. The largest absolute Gasteiger partial charge is 0.339 e. The Bertz CT molecular complexity index is 441. The Morgan fingerprint density at radius 3 is 2.76 bits per heavy atom. The molecule has 0 amide bonds. The Kier molecular flexibility index (Phi) is 2.71. The van der Waals surface area contributed by atoms with Gasteiger partial charge in [0.25, 0.3) is 0 Å². The smallest absolute Gasteiger partial charge is 0.231 e. The van der Waals surface area contributed by atoms with Crippen LogP contribution in [0.4, 0.5) is 0 Å². The maximum atomic E-state index is 5.42. The molecule has 2 bridgehead atoms. The van der Waals surface area contributed by atoms with Gasteiger partial charge in [0, 0.05) is 18.5 Å². The fourth-order valence-electron chi connectivity index (χ4n) is 2.77. The van der Waals surface area contributed by atoms with Crippen molar-refractivity contribution in [1.29, 1.82) is 0 Å². The minimum absolute atomic E-state index is 0. The predicted octanol–water partition coefficient (Wildman–Crippen LogP) is 2.00. The molecule has 2 aliphatic heterocycles. The highest BCUT2D eigenvalue weighted by Gasteiger charge is 2.37. The minimum atomic E-state index is 0. The van der Waals surface area contributed by atoms with E-state index in [0.717, 1.165) is 24.7 Å². The number of nitrogens with one attached hydrogen (secondary N) is 1. The van der Waals surface area contributed by atoms with Gasteiger partial charge in [0.05, 0.1) is 5.92 Å². The molecule has 1 saturated carbocycles. The summed E-state index contributed by atoms with van der Waals surface area (Å²) in [7, 11) is 0. The summed E-state index contributed by atoms with van der Waals surface area (Å²) in [6.45, 7) is 1.10. The predicted molar refractivity (Wildman–Crippen MR) is 65.3 cm³/mol. The van der Waals surface area contributed by atoms with Gasteiger partial charge < -0.3 is 9.84 Å². The van der Waals surface area contributed by atoms with Crippen molar-refractivity contribution in [3.63, 3.8) is 0 Å². The lowest BCUT2D eigenvalue weighted by molar-refractivity contribution is 0.257. The molecule has 4 nitrogen and oxygen atoms in total. The van der Waals surface area contributed by atoms with E-state index in [9.17, 15) is 0 Å². The van der Waals surface area contributed by atoms with Crippen LogP contribution in [-0.2, 0) is 0 Å². The first kappa shape index (κ1) is 11.2. The lowest BCUT2D eigenvalue weighted by Gasteiger charge is -2.36. The van der Waals surface area contributed by atoms with Crippen molar-refractivity contribution >= 4 is 12.4 Å². The summed E-state index contributed by atoms with van der Waals surface area (Å²) in [6, 6.07) is 0.400. The van der Waals surface area contributed by atoms with Crippen molar-refractivity contribution in [1.82, 2.24) is 15.5 Å². The second-order valence-electron chi connectivity index (χ2n) is 5.19. The van der Waals surface area contributed by atoms with Crippen LogP contribution in [0, 0.1) is 5.92 Å². The third kappa shape index (κ3) is 1.89. The third-order valence-corrected chi connectivity index (χ3v) is 3.91. The normalized spacial score (nSPS) is 34.7. The lowest BCUT2D eigenvalue weighted by Crippen LogP contribution is -2.46. The number of piperidine rings is 1. The van der Waals surface area contributed by atoms with Crippen LogP contribution in [-0.4, -0.2) is 22.7 Å². The maximum Gasteiger partial charge on any atom is 0.231 e. The molecule has 5 heteroatoms. The van der Waals surface area contributed by atoms with Gasteiger partial charge in [-0.05, 0) is 25.2 Å². The van der Waals surface area contributed by atoms with E-state index in [4.69, 9.17) is 4.52 Å². The van der Waals surface area contributed by atoms with Crippen LogP contribution < -0.4 is 5.32 Å². The molecule has 4 aliphatic rings. The van der Waals surface area contributed by atoms with Gasteiger partial charge in [0.15, 0.2) is 5.82 Å². The summed E-state index contributed by atoms with van der Waals surface area (Å²) >= 11 is 0. The summed E-state index contributed by atoms with van der Waals surface area (Å²) in [6.07, 6.45) is 8.18. The van der Waals surface area contributed by atoms with Crippen LogP contribution >= 0.6 is 12.4 Å². The van der Waals surface area contributed by atoms with E-state index in [1.54, 1.807) is 0 Å². The number of aromatic nitrogens is 2. The highest BCUT2D eigenvalue weighted by atomic mass is 35.5. The fraction of sp³-hybridized carbons (Fsp3) is 0.667. The van der Waals surface area contributed by atoms with Crippen molar-refractivity contribution in [2.24, 2.45) is 5.92 Å². The molecule has 3 unspecified atom stereocenters. The number of rotatable bonds is 2. The van der Waals surface area contributed by atoms with Crippen molar-refractivity contribution in [2.45, 2.75) is 37.1 Å². The summed E-state index contributed by atoms with van der Waals surface area (Å²) < 4.78 is 5.42. The minimum Gasteiger partial charge on any atom is -0.339 e. The Balaban J connectivity index is 0.000000902. The molecule has 92 valence electrons. The summed E-state index contributed by atoms with van der Waals surface area (Å²) in [5, 5.41) is 7.61. The van der Waals surface area contributed by atoms with Gasteiger partial charge in [-0.2, -0.15) is 4.98 Å². The number of halogens is 1. The van der Waals surface area contributed by atoms with Gasteiger partial charge in [0.2, 0.25) is 5.89 Å².